The predicted octanol–water partition coefficient (Wildman–Crippen LogP) is 2.72. The minimum Gasteiger partial charge on any atom is -0.387 e. The molecule has 17 heavy (non-hydrogen) atoms. The van der Waals surface area contributed by atoms with E-state index in [-0.39, 0.29) is 0 Å². The summed E-state index contributed by atoms with van der Waals surface area (Å²) in [6, 6.07) is 13.9. The van der Waals surface area contributed by atoms with Gasteiger partial charge in [0.05, 0.1) is 12.7 Å². The number of rotatable bonds is 5. The van der Waals surface area contributed by atoms with Crippen LogP contribution in [-0.4, -0.2) is 9.67 Å². The molecule has 1 heterocycles. The van der Waals surface area contributed by atoms with Gasteiger partial charge in [-0.25, -0.2) is 0 Å². The van der Waals surface area contributed by atoms with E-state index in [1.807, 2.05) is 53.2 Å². The number of hydrogen-bond donors (Lipinski definition) is 1. The lowest BCUT2D eigenvalue weighted by Gasteiger charge is -2.11. The Morgan fingerprint density at radius 3 is 2.65 bits per heavy atom. The summed E-state index contributed by atoms with van der Waals surface area (Å²) in [5, 5.41) is 9.53. The largest absolute Gasteiger partial charge is 0.387 e. The minimum atomic E-state index is -0.467. The van der Waals surface area contributed by atoms with Gasteiger partial charge >= 0.3 is 0 Å². The van der Waals surface area contributed by atoms with Crippen molar-refractivity contribution in [3.8, 4) is 0 Å². The van der Waals surface area contributed by atoms with Crippen molar-refractivity contribution in [3.05, 3.63) is 59.9 Å². The Balaban J connectivity index is 1.88. The zero-order valence-corrected chi connectivity index (χ0v) is 9.91. The summed E-state index contributed by atoms with van der Waals surface area (Å²) in [4.78, 5) is 0. The molecule has 0 saturated carbocycles. The second kappa shape index (κ2) is 5.66. The van der Waals surface area contributed by atoms with E-state index in [4.69, 9.17) is 4.74 Å². The molecule has 0 bridgehead atoms. The van der Waals surface area contributed by atoms with Gasteiger partial charge in [0.15, 0.2) is 0 Å². The van der Waals surface area contributed by atoms with Crippen molar-refractivity contribution in [3.63, 3.8) is 0 Å². The first-order valence-corrected chi connectivity index (χ1v) is 5.72. The van der Waals surface area contributed by atoms with Gasteiger partial charge in [-0.15, -0.1) is 0 Å². The van der Waals surface area contributed by atoms with E-state index < -0.39 is 6.10 Å². The van der Waals surface area contributed by atoms with Crippen LogP contribution in [0, 0.1) is 0 Å². The first kappa shape index (κ1) is 11.9. The van der Waals surface area contributed by atoms with Crippen molar-refractivity contribution >= 4 is 0 Å². The van der Waals surface area contributed by atoms with E-state index in [0.29, 0.717) is 13.3 Å². The molecule has 0 radical (unpaired) electrons. The molecular weight excluding hydrogens is 214 g/mol. The van der Waals surface area contributed by atoms with Crippen LogP contribution in [0.3, 0.4) is 0 Å². The van der Waals surface area contributed by atoms with Gasteiger partial charge in [0.25, 0.3) is 0 Å². The summed E-state index contributed by atoms with van der Waals surface area (Å²) in [5.74, 6) is 0. The second-order valence-corrected chi connectivity index (χ2v) is 4.04. The second-order valence-electron chi connectivity index (χ2n) is 4.04. The van der Waals surface area contributed by atoms with Gasteiger partial charge in [-0.05, 0) is 24.6 Å². The quantitative estimate of drug-likeness (QED) is 0.858. The summed E-state index contributed by atoms with van der Waals surface area (Å²) in [6.07, 6.45) is 1.44. The van der Waals surface area contributed by atoms with Crippen LogP contribution in [0.25, 0.3) is 0 Å². The maximum Gasteiger partial charge on any atom is 0.123 e. The molecule has 2 aromatic rings. The summed E-state index contributed by atoms with van der Waals surface area (Å²) < 4.78 is 7.52. The number of ether oxygens (including phenoxy) is 1. The summed E-state index contributed by atoms with van der Waals surface area (Å²) in [7, 11) is 0. The molecule has 1 aromatic carbocycles. The molecule has 0 aliphatic heterocycles. The highest BCUT2D eigenvalue weighted by Crippen LogP contribution is 2.13. The third-order valence-electron chi connectivity index (χ3n) is 2.63. The zero-order chi connectivity index (χ0) is 12.1. The lowest BCUT2D eigenvalue weighted by atomic mass is 10.2. The van der Waals surface area contributed by atoms with Crippen LogP contribution in [0.4, 0.5) is 0 Å². The molecular formula is C14H17NO2. The average Bonchev–Trinajstić information content (AvgIpc) is 2.79. The average molecular weight is 231 g/mol. The number of hydrogen-bond acceptors (Lipinski definition) is 2. The van der Waals surface area contributed by atoms with Crippen molar-refractivity contribution in [1.82, 2.24) is 4.57 Å². The molecule has 3 nitrogen and oxygen atoms in total. The van der Waals surface area contributed by atoms with Crippen molar-refractivity contribution in [2.45, 2.75) is 26.4 Å². The van der Waals surface area contributed by atoms with E-state index in [1.165, 1.54) is 0 Å². The highest BCUT2D eigenvalue weighted by Gasteiger charge is 2.05. The molecule has 0 spiro atoms. The molecule has 3 heteroatoms. The lowest BCUT2D eigenvalue weighted by molar-refractivity contribution is 0.0570. The topological polar surface area (TPSA) is 34.4 Å². The maximum atomic E-state index is 9.53. The van der Waals surface area contributed by atoms with Crippen LogP contribution in [0.5, 0.6) is 0 Å². The van der Waals surface area contributed by atoms with Crippen molar-refractivity contribution in [2.75, 3.05) is 0 Å². The van der Waals surface area contributed by atoms with Crippen LogP contribution in [0.2, 0.25) is 0 Å². The van der Waals surface area contributed by atoms with E-state index in [2.05, 4.69) is 0 Å². The van der Waals surface area contributed by atoms with E-state index >= 15 is 0 Å². The zero-order valence-electron chi connectivity index (χ0n) is 9.91. The molecule has 1 atom stereocenters. The van der Waals surface area contributed by atoms with Gasteiger partial charge < -0.3 is 14.4 Å². The van der Waals surface area contributed by atoms with Crippen LogP contribution in [-0.2, 0) is 18.1 Å². The predicted molar refractivity (Wildman–Crippen MR) is 66.3 cm³/mol. The highest BCUT2D eigenvalue weighted by atomic mass is 16.5. The summed E-state index contributed by atoms with van der Waals surface area (Å²) in [6.45, 7) is 2.80. The van der Waals surface area contributed by atoms with Gasteiger partial charge in [-0.2, -0.15) is 0 Å². The monoisotopic (exact) mass is 231 g/mol. The first-order chi connectivity index (χ1) is 8.27. The molecule has 1 N–H and O–H groups in total. The van der Waals surface area contributed by atoms with Gasteiger partial charge in [0.1, 0.15) is 6.73 Å². The van der Waals surface area contributed by atoms with Crippen molar-refractivity contribution in [2.24, 2.45) is 0 Å². The first-order valence-electron chi connectivity index (χ1n) is 5.72. The van der Waals surface area contributed by atoms with Crippen LogP contribution >= 0.6 is 0 Å². The van der Waals surface area contributed by atoms with Gasteiger partial charge in [0.2, 0.25) is 0 Å². The molecule has 1 aromatic heterocycles. The summed E-state index contributed by atoms with van der Waals surface area (Å²) >= 11 is 0. The van der Waals surface area contributed by atoms with Crippen LogP contribution < -0.4 is 0 Å². The number of aliphatic hydroxyl groups is 1. The summed E-state index contributed by atoms with van der Waals surface area (Å²) in [5.41, 5.74) is 2.02. The Hall–Kier alpha value is -1.58. The minimum absolute atomic E-state index is 0.460. The molecule has 0 saturated heterocycles. The third-order valence-corrected chi connectivity index (χ3v) is 2.63. The number of nitrogens with zero attached hydrogens (tertiary/aromatic N) is 1. The van der Waals surface area contributed by atoms with Gasteiger partial charge in [-0.1, -0.05) is 30.3 Å². The lowest BCUT2D eigenvalue weighted by Crippen LogP contribution is -2.07. The maximum absolute atomic E-state index is 9.53. The Morgan fingerprint density at radius 2 is 1.94 bits per heavy atom. The Labute approximate surface area is 101 Å². The van der Waals surface area contributed by atoms with E-state index in [9.17, 15) is 5.11 Å². The highest BCUT2D eigenvalue weighted by molar-refractivity contribution is 5.13. The molecule has 2 rings (SSSR count). The van der Waals surface area contributed by atoms with Crippen LogP contribution in [0.15, 0.2) is 48.7 Å². The van der Waals surface area contributed by atoms with Crippen molar-refractivity contribution in [1.29, 1.82) is 0 Å². The van der Waals surface area contributed by atoms with E-state index in [1.54, 1.807) is 6.92 Å². The molecule has 0 amide bonds. The SMILES string of the molecule is CC(O)c1cccn1COCc1ccccc1. The molecule has 0 aliphatic carbocycles. The van der Waals surface area contributed by atoms with Gasteiger partial charge in [-0.3, -0.25) is 0 Å². The molecule has 90 valence electrons. The normalized spacial score (nSPS) is 12.6. The van der Waals surface area contributed by atoms with Crippen LogP contribution in [0.1, 0.15) is 24.3 Å². The number of benzene rings is 1. The molecule has 0 aliphatic rings. The third kappa shape index (κ3) is 3.19. The molecule has 1 unspecified atom stereocenters. The fraction of sp³-hybridized carbons (Fsp3) is 0.286. The fourth-order valence-electron chi connectivity index (χ4n) is 1.76. The Kier molecular flexibility index (Phi) is 3.96. The Morgan fingerprint density at radius 1 is 1.18 bits per heavy atom. The number of aliphatic hydroxyl groups excluding tert-OH is 1. The van der Waals surface area contributed by atoms with E-state index in [0.717, 1.165) is 11.3 Å². The van der Waals surface area contributed by atoms with Crippen molar-refractivity contribution < 1.29 is 9.84 Å². The molecule has 0 fully saturated rings. The number of aromatic nitrogens is 1. The fourth-order valence-corrected chi connectivity index (χ4v) is 1.76. The standard InChI is InChI=1S/C14H17NO2/c1-12(16)14-8-5-9-15(14)11-17-10-13-6-3-2-4-7-13/h2-9,12,16H,10-11H2,1H3. The van der Waals surface area contributed by atoms with Gasteiger partial charge in [0, 0.05) is 11.9 Å². The smallest absolute Gasteiger partial charge is 0.123 e. The Bertz CT molecular complexity index is 448.